The minimum Gasteiger partial charge on any atom is -0.309 e. The summed E-state index contributed by atoms with van der Waals surface area (Å²) in [4.78, 5) is 8.37. The number of thiazole rings is 1. The zero-order chi connectivity index (χ0) is 13.3. The summed E-state index contributed by atoms with van der Waals surface area (Å²) in [6.45, 7) is 14.5. The van der Waals surface area contributed by atoms with Crippen LogP contribution in [0.15, 0.2) is 6.20 Å². The Kier molecular flexibility index (Phi) is 4.09. The molecule has 3 nitrogen and oxygen atoms in total. The molecule has 2 heterocycles. The molecule has 1 atom stereocenters. The average Bonchev–Trinajstić information content (AvgIpc) is 2.62. The van der Waals surface area contributed by atoms with Crippen LogP contribution in [-0.2, 0) is 6.54 Å². The highest BCUT2D eigenvalue weighted by molar-refractivity contribution is 7.11. The van der Waals surface area contributed by atoms with Crippen LogP contribution in [0.4, 0.5) is 0 Å². The van der Waals surface area contributed by atoms with Gasteiger partial charge >= 0.3 is 0 Å². The van der Waals surface area contributed by atoms with Gasteiger partial charge in [0, 0.05) is 42.3 Å². The third-order valence-electron chi connectivity index (χ3n) is 3.65. The molecule has 1 saturated heterocycles. The Bertz CT molecular complexity index is 397. The average molecular weight is 267 g/mol. The van der Waals surface area contributed by atoms with Gasteiger partial charge in [0.25, 0.3) is 0 Å². The Morgan fingerprint density at radius 1 is 1.56 bits per heavy atom. The highest BCUT2D eigenvalue weighted by Crippen LogP contribution is 2.24. The maximum absolute atomic E-state index is 4.36. The number of nitrogens with zero attached hydrogens (tertiary/aromatic N) is 2. The van der Waals surface area contributed by atoms with Crippen molar-refractivity contribution < 1.29 is 0 Å². The van der Waals surface area contributed by atoms with Crippen LogP contribution in [0, 0.1) is 12.8 Å². The van der Waals surface area contributed by atoms with Gasteiger partial charge in [0.05, 0.1) is 5.01 Å². The lowest BCUT2D eigenvalue weighted by atomic mass is 9.93. The van der Waals surface area contributed by atoms with Gasteiger partial charge in [-0.2, -0.15) is 0 Å². The molecular weight excluding hydrogens is 242 g/mol. The summed E-state index contributed by atoms with van der Waals surface area (Å²) >= 11 is 1.82. The van der Waals surface area contributed by atoms with E-state index in [4.69, 9.17) is 0 Å². The van der Waals surface area contributed by atoms with Gasteiger partial charge < -0.3 is 5.32 Å². The molecule has 1 aromatic rings. The summed E-state index contributed by atoms with van der Waals surface area (Å²) in [6.07, 6.45) is 2.03. The van der Waals surface area contributed by atoms with Crippen molar-refractivity contribution in [3.05, 3.63) is 16.1 Å². The van der Waals surface area contributed by atoms with E-state index in [1.165, 1.54) is 9.88 Å². The van der Waals surface area contributed by atoms with E-state index in [1.54, 1.807) is 0 Å². The molecule has 102 valence electrons. The van der Waals surface area contributed by atoms with E-state index < -0.39 is 0 Å². The lowest BCUT2D eigenvalue weighted by Crippen LogP contribution is -2.62. The summed E-state index contributed by atoms with van der Waals surface area (Å²) in [6, 6.07) is 0.625. The Morgan fingerprint density at radius 3 is 2.83 bits per heavy atom. The highest BCUT2D eigenvalue weighted by Gasteiger charge is 2.33. The number of hydrogen-bond donors (Lipinski definition) is 1. The molecule has 1 aromatic heterocycles. The lowest BCUT2D eigenvalue weighted by molar-refractivity contribution is 0.0635. The maximum atomic E-state index is 4.36. The second-order valence-electron chi connectivity index (χ2n) is 6.33. The van der Waals surface area contributed by atoms with E-state index in [9.17, 15) is 0 Å². The van der Waals surface area contributed by atoms with Crippen LogP contribution in [0.1, 0.15) is 37.6 Å². The summed E-state index contributed by atoms with van der Waals surface area (Å²) in [5, 5.41) is 4.82. The van der Waals surface area contributed by atoms with Crippen LogP contribution < -0.4 is 5.32 Å². The van der Waals surface area contributed by atoms with E-state index in [0.29, 0.717) is 12.0 Å². The maximum Gasteiger partial charge on any atom is 0.0897 e. The minimum absolute atomic E-state index is 0.213. The molecule has 1 aliphatic rings. The minimum atomic E-state index is 0.213. The van der Waals surface area contributed by atoms with Crippen LogP contribution >= 0.6 is 11.3 Å². The zero-order valence-corrected chi connectivity index (χ0v) is 13.0. The van der Waals surface area contributed by atoms with Crippen LogP contribution in [-0.4, -0.2) is 34.6 Å². The fourth-order valence-electron chi connectivity index (χ4n) is 2.70. The SMILES string of the molecule is Cc1ncc(CN2CC(C)(C)NCC2C(C)C)s1. The smallest absolute Gasteiger partial charge is 0.0897 e. The van der Waals surface area contributed by atoms with Gasteiger partial charge in [-0.1, -0.05) is 13.8 Å². The largest absolute Gasteiger partial charge is 0.309 e. The standard InChI is InChI=1S/C14H25N3S/c1-10(2)13-7-16-14(4,5)9-17(13)8-12-6-15-11(3)18-12/h6,10,13,16H,7-9H2,1-5H3. The first-order valence-corrected chi connectivity index (χ1v) is 7.59. The summed E-state index contributed by atoms with van der Waals surface area (Å²) in [7, 11) is 0. The van der Waals surface area contributed by atoms with Gasteiger partial charge in [-0.25, -0.2) is 4.98 Å². The van der Waals surface area contributed by atoms with E-state index in [1.807, 2.05) is 17.5 Å². The van der Waals surface area contributed by atoms with Gasteiger partial charge in [-0.05, 0) is 26.7 Å². The van der Waals surface area contributed by atoms with E-state index >= 15 is 0 Å². The highest BCUT2D eigenvalue weighted by atomic mass is 32.1. The zero-order valence-electron chi connectivity index (χ0n) is 12.2. The van der Waals surface area contributed by atoms with Crippen molar-refractivity contribution >= 4 is 11.3 Å². The quantitative estimate of drug-likeness (QED) is 0.912. The van der Waals surface area contributed by atoms with Gasteiger partial charge in [0.1, 0.15) is 0 Å². The second kappa shape index (κ2) is 5.27. The molecule has 18 heavy (non-hydrogen) atoms. The molecule has 0 spiro atoms. The normalized spacial score (nSPS) is 24.7. The predicted octanol–water partition coefficient (Wildman–Crippen LogP) is 2.66. The van der Waals surface area contributed by atoms with Gasteiger partial charge in [0.2, 0.25) is 0 Å². The molecule has 2 rings (SSSR count). The van der Waals surface area contributed by atoms with E-state index in [-0.39, 0.29) is 5.54 Å². The number of piperazine rings is 1. The lowest BCUT2D eigenvalue weighted by Gasteiger charge is -2.46. The number of nitrogens with one attached hydrogen (secondary N) is 1. The molecule has 1 aliphatic heterocycles. The summed E-state index contributed by atoms with van der Waals surface area (Å²) in [5.74, 6) is 0.683. The van der Waals surface area contributed by atoms with Crippen molar-refractivity contribution in [2.24, 2.45) is 5.92 Å². The molecular formula is C14H25N3S. The van der Waals surface area contributed by atoms with Crippen molar-refractivity contribution in [1.82, 2.24) is 15.2 Å². The molecule has 1 fully saturated rings. The fourth-order valence-corrected chi connectivity index (χ4v) is 3.52. The molecule has 0 radical (unpaired) electrons. The molecule has 1 N–H and O–H groups in total. The van der Waals surface area contributed by atoms with Crippen LogP contribution in [0.2, 0.25) is 0 Å². The number of aromatic nitrogens is 1. The van der Waals surface area contributed by atoms with Gasteiger partial charge in [0.15, 0.2) is 0 Å². The van der Waals surface area contributed by atoms with Crippen molar-refractivity contribution in [2.75, 3.05) is 13.1 Å². The van der Waals surface area contributed by atoms with Gasteiger partial charge in [-0.15, -0.1) is 11.3 Å². The summed E-state index contributed by atoms with van der Waals surface area (Å²) in [5.41, 5.74) is 0.213. The molecule has 0 aromatic carbocycles. The Labute approximate surface area is 115 Å². The topological polar surface area (TPSA) is 28.2 Å². The van der Waals surface area contributed by atoms with Crippen LogP contribution in [0.3, 0.4) is 0 Å². The first-order chi connectivity index (χ1) is 8.37. The van der Waals surface area contributed by atoms with Crippen molar-refractivity contribution in [3.63, 3.8) is 0 Å². The molecule has 1 unspecified atom stereocenters. The Morgan fingerprint density at radius 2 is 2.28 bits per heavy atom. The second-order valence-corrected chi connectivity index (χ2v) is 7.65. The monoisotopic (exact) mass is 267 g/mol. The Balaban J connectivity index is 2.10. The number of aryl methyl sites for hydroxylation is 1. The number of rotatable bonds is 3. The third-order valence-corrected chi connectivity index (χ3v) is 4.55. The molecule has 0 amide bonds. The van der Waals surface area contributed by atoms with Crippen LogP contribution in [0.5, 0.6) is 0 Å². The van der Waals surface area contributed by atoms with E-state index in [0.717, 1.165) is 19.6 Å². The van der Waals surface area contributed by atoms with E-state index in [2.05, 4.69) is 49.8 Å². The van der Waals surface area contributed by atoms with Crippen molar-refractivity contribution in [3.8, 4) is 0 Å². The predicted molar refractivity (Wildman–Crippen MR) is 78.0 cm³/mol. The first-order valence-electron chi connectivity index (χ1n) is 6.78. The van der Waals surface area contributed by atoms with Crippen LogP contribution in [0.25, 0.3) is 0 Å². The first kappa shape index (κ1) is 14.0. The summed E-state index contributed by atoms with van der Waals surface area (Å²) < 4.78 is 0. The number of hydrogen-bond acceptors (Lipinski definition) is 4. The Hall–Kier alpha value is -0.450. The molecule has 0 saturated carbocycles. The molecule has 0 bridgehead atoms. The third kappa shape index (κ3) is 3.31. The fraction of sp³-hybridized carbons (Fsp3) is 0.786. The van der Waals surface area contributed by atoms with Gasteiger partial charge in [-0.3, -0.25) is 4.90 Å². The molecule has 4 heteroatoms. The van der Waals surface area contributed by atoms with Crippen molar-refractivity contribution in [1.29, 1.82) is 0 Å². The molecule has 0 aliphatic carbocycles. The van der Waals surface area contributed by atoms with Crippen molar-refractivity contribution in [2.45, 2.75) is 52.7 Å².